The first-order chi connectivity index (χ1) is 8.66. The molecule has 1 aromatic carbocycles. The van der Waals surface area contributed by atoms with Crippen molar-refractivity contribution in [1.82, 2.24) is 9.55 Å². The van der Waals surface area contributed by atoms with Crippen molar-refractivity contribution in [3.8, 4) is 10.6 Å². The van der Waals surface area contributed by atoms with Crippen molar-refractivity contribution >= 4 is 22.2 Å². The number of rotatable bonds is 2. The van der Waals surface area contributed by atoms with E-state index in [4.69, 9.17) is 0 Å². The summed E-state index contributed by atoms with van der Waals surface area (Å²) in [6, 6.07) is 7.29. The molecule has 92 valence electrons. The van der Waals surface area contributed by atoms with Crippen LogP contribution >= 0.6 is 11.3 Å². The molecule has 0 bridgehead atoms. The maximum Gasteiger partial charge on any atom is 0.123 e. The van der Waals surface area contributed by atoms with Gasteiger partial charge in [-0.3, -0.25) is 4.98 Å². The maximum atomic E-state index is 13.3. The molecular formula is C14H13FN2S. The molecule has 0 saturated heterocycles. The van der Waals surface area contributed by atoms with Crippen molar-refractivity contribution in [2.45, 2.75) is 19.9 Å². The molecule has 0 radical (unpaired) electrons. The van der Waals surface area contributed by atoms with Crippen LogP contribution in [0.1, 0.15) is 19.9 Å². The number of aromatic nitrogens is 2. The molecule has 0 aliphatic rings. The summed E-state index contributed by atoms with van der Waals surface area (Å²) in [5.74, 6) is -0.195. The van der Waals surface area contributed by atoms with Gasteiger partial charge in [0.2, 0.25) is 0 Å². The maximum absolute atomic E-state index is 13.3. The topological polar surface area (TPSA) is 17.8 Å². The molecule has 0 unspecified atom stereocenters. The summed E-state index contributed by atoms with van der Waals surface area (Å²) in [5.41, 5.74) is 3.99. The quantitative estimate of drug-likeness (QED) is 0.664. The van der Waals surface area contributed by atoms with Gasteiger partial charge in [0.1, 0.15) is 5.82 Å². The van der Waals surface area contributed by atoms with Crippen LogP contribution in [0.5, 0.6) is 0 Å². The first-order valence-corrected chi connectivity index (χ1v) is 6.74. The molecule has 0 atom stereocenters. The second-order valence-electron chi connectivity index (χ2n) is 4.56. The molecule has 2 heterocycles. The number of hydrogen-bond acceptors (Lipinski definition) is 2. The molecule has 0 spiro atoms. The molecule has 18 heavy (non-hydrogen) atoms. The van der Waals surface area contributed by atoms with Gasteiger partial charge in [-0.15, -0.1) is 11.3 Å². The van der Waals surface area contributed by atoms with Gasteiger partial charge in [-0.2, -0.15) is 0 Å². The Hall–Kier alpha value is -1.68. The van der Waals surface area contributed by atoms with Crippen molar-refractivity contribution in [3.05, 3.63) is 41.8 Å². The Morgan fingerprint density at radius 3 is 2.78 bits per heavy atom. The minimum atomic E-state index is -0.195. The third-order valence-corrected chi connectivity index (χ3v) is 3.80. The molecule has 0 N–H and O–H groups in total. The number of benzene rings is 1. The molecular weight excluding hydrogens is 247 g/mol. The van der Waals surface area contributed by atoms with Crippen molar-refractivity contribution in [3.63, 3.8) is 0 Å². The van der Waals surface area contributed by atoms with E-state index in [1.807, 2.05) is 23.8 Å². The van der Waals surface area contributed by atoms with Crippen molar-refractivity contribution in [2.24, 2.45) is 0 Å². The normalized spacial score (nSPS) is 11.6. The molecule has 3 rings (SSSR count). The first-order valence-electron chi connectivity index (χ1n) is 5.86. The second kappa shape index (κ2) is 4.21. The fourth-order valence-electron chi connectivity index (χ4n) is 2.30. The highest BCUT2D eigenvalue weighted by Crippen LogP contribution is 2.33. The lowest BCUT2D eigenvalue weighted by molar-refractivity contribution is 0.622. The van der Waals surface area contributed by atoms with Crippen molar-refractivity contribution in [2.75, 3.05) is 0 Å². The van der Waals surface area contributed by atoms with E-state index < -0.39 is 0 Å². The number of fused-ring (bicyclic) bond motifs is 1. The van der Waals surface area contributed by atoms with Gasteiger partial charge in [-0.1, -0.05) is 0 Å². The smallest absolute Gasteiger partial charge is 0.123 e. The second-order valence-corrected chi connectivity index (χ2v) is 5.45. The monoisotopic (exact) mass is 260 g/mol. The van der Waals surface area contributed by atoms with E-state index >= 15 is 0 Å². The zero-order valence-corrected chi connectivity index (χ0v) is 11.0. The number of halogens is 1. The van der Waals surface area contributed by atoms with E-state index in [0.717, 1.165) is 21.5 Å². The summed E-state index contributed by atoms with van der Waals surface area (Å²) in [6.07, 6.45) is 1.86. The largest absolute Gasteiger partial charge is 0.337 e. The molecule has 3 aromatic rings. The van der Waals surface area contributed by atoms with Crippen LogP contribution in [0.3, 0.4) is 0 Å². The van der Waals surface area contributed by atoms with Crippen LogP contribution in [0, 0.1) is 5.82 Å². The van der Waals surface area contributed by atoms with E-state index in [1.54, 1.807) is 17.4 Å². The van der Waals surface area contributed by atoms with Gasteiger partial charge in [0.05, 0.1) is 16.1 Å². The summed E-state index contributed by atoms with van der Waals surface area (Å²) < 4.78 is 15.5. The van der Waals surface area contributed by atoms with Gasteiger partial charge in [0.25, 0.3) is 0 Å². The molecule has 2 aromatic heterocycles. The van der Waals surface area contributed by atoms with Crippen LogP contribution in [-0.2, 0) is 0 Å². The Labute approximate surface area is 109 Å². The number of hydrogen-bond donors (Lipinski definition) is 0. The van der Waals surface area contributed by atoms with Crippen LogP contribution in [0.15, 0.2) is 36.0 Å². The van der Waals surface area contributed by atoms with Crippen LogP contribution in [0.2, 0.25) is 0 Å². The van der Waals surface area contributed by atoms with E-state index in [1.165, 1.54) is 6.07 Å². The van der Waals surface area contributed by atoms with E-state index in [2.05, 4.69) is 23.4 Å². The van der Waals surface area contributed by atoms with Crippen LogP contribution < -0.4 is 0 Å². The molecule has 0 aliphatic carbocycles. The zero-order chi connectivity index (χ0) is 12.7. The minimum Gasteiger partial charge on any atom is -0.337 e. The van der Waals surface area contributed by atoms with E-state index in [-0.39, 0.29) is 5.82 Å². The predicted molar refractivity (Wildman–Crippen MR) is 73.4 cm³/mol. The highest BCUT2D eigenvalue weighted by molar-refractivity contribution is 7.13. The first kappa shape index (κ1) is 11.4. The Kier molecular flexibility index (Phi) is 2.67. The van der Waals surface area contributed by atoms with Crippen molar-refractivity contribution < 1.29 is 4.39 Å². The summed E-state index contributed by atoms with van der Waals surface area (Å²) in [6.45, 7) is 4.26. The number of thiazole rings is 1. The third kappa shape index (κ3) is 1.73. The predicted octanol–water partition coefficient (Wildman–Crippen LogP) is 4.48. The Morgan fingerprint density at radius 2 is 2.11 bits per heavy atom. The lowest BCUT2D eigenvalue weighted by Crippen LogP contribution is -2.01. The van der Waals surface area contributed by atoms with Gasteiger partial charge in [-0.05, 0) is 38.1 Å². The summed E-state index contributed by atoms with van der Waals surface area (Å²) in [4.78, 5) is 5.23. The highest BCUT2D eigenvalue weighted by Gasteiger charge is 2.14. The van der Waals surface area contributed by atoms with Gasteiger partial charge in [0.15, 0.2) is 0 Å². The molecule has 0 amide bonds. The van der Waals surface area contributed by atoms with E-state index in [0.29, 0.717) is 6.04 Å². The highest BCUT2D eigenvalue weighted by atomic mass is 32.1. The third-order valence-electron chi connectivity index (χ3n) is 3.00. The molecule has 0 saturated carbocycles. The number of nitrogens with zero attached hydrogens (tertiary/aromatic N) is 2. The lowest BCUT2D eigenvalue weighted by atomic mass is 10.2. The Morgan fingerprint density at radius 1 is 1.28 bits per heavy atom. The minimum absolute atomic E-state index is 0.195. The van der Waals surface area contributed by atoms with Gasteiger partial charge in [0, 0.05) is 23.1 Å². The standard InChI is InChI=1S/C14H13FN2S/c1-9(2)17-12-4-3-11(15)5-10(12)6-13(17)14-7-16-8-18-14/h3-9H,1-2H3. The Bertz CT molecular complexity index is 683. The average molecular weight is 260 g/mol. The Balaban J connectivity index is 2.34. The average Bonchev–Trinajstić information content (AvgIpc) is 2.93. The van der Waals surface area contributed by atoms with Gasteiger partial charge in [-0.25, -0.2) is 4.39 Å². The fraction of sp³-hybridized carbons (Fsp3) is 0.214. The fourth-order valence-corrected chi connectivity index (χ4v) is 2.93. The summed E-state index contributed by atoms with van der Waals surface area (Å²) >= 11 is 1.60. The molecule has 0 fully saturated rings. The van der Waals surface area contributed by atoms with Crippen LogP contribution in [0.25, 0.3) is 21.5 Å². The summed E-state index contributed by atoms with van der Waals surface area (Å²) in [7, 11) is 0. The van der Waals surface area contributed by atoms with E-state index in [9.17, 15) is 4.39 Å². The van der Waals surface area contributed by atoms with Gasteiger partial charge < -0.3 is 4.57 Å². The summed E-state index contributed by atoms with van der Waals surface area (Å²) in [5, 5.41) is 0.937. The van der Waals surface area contributed by atoms with Crippen molar-refractivity contribution in [1.29, 1.82) is 0 Å². The van der Waals surface area contributed by atoms with Gasteiger partial charge >= 0.3 is 0 Å². The molecule has 2 nitrogen and oxygen atoms in total. The zero-order valence-electron chi connectivity index (χ0n) is 10.2. The molecule has 4 heteroatoms. The lowest BCUT2D eigenvalue weighted by Gasteiger charge is -2.13. The molecule has 0 aliphatic heterocycles. The SMILES string of the molecule is CC(C)n1c(-c2cncs2)cc2cc(F)ccc21. The van der Waals surface area contributed by atoms with Crippen LogP contribution in [-0.4, -0.2) is 9.55 Å². The van der Waals surface area contributed by atoms with Crippen LogP contribution in [0.4, 0.5) is 4.39 Å².